The zero-order chi connectivity index (χ0) is 7.56. The van der Waals surface area contributed by atoms with Crippen LogP contribution in [0.4, 0.5) is 0 Å². The summed E-state index contributed by atoms with van der Waals surface area (Å²) in [6.45, 7) is 7.36. The molecule has 0 aliphatic carbocycles. The number of hydrogen-bond donors (Lipinski definition) is 0. The lowest BCUT2D eigenvalue weighted by Gasteiger charge is -2.40. The van der Waals surface area contributed by atoms with Gasteiger partial charge in [0.2, 0.25) is 0 Å². The van der Waals surface area contributed by atoms with Gasteiger partial charge in [-0.25, -0.2) is 0 Å². The third-order valence-corrected chi connectivity index (χ3v) is 2.22. The molecular formula is C8H14N2. The Morgan fingerprint density at radius 3 is 2.60 bits per heavy atom. The van der Waals surface area contributed by atoms with Gasteiger partial charge in [0.05, 0.1) is 12.6 Å². The monoisotopic (exact) mass is 138 g/mol. The molecule has 1 fully saturated rings. The van der Waals surface area contributed by atoms with E-state index < -0.39 is 0 Å². The summed E-state index contributed by atoms with van der Waals surface area (Å²) in [5.74, 6) is 1.63. The molecule has 0 aromatic rings. The summed E-state index contributed by atoms with van der Waals surface area (Å²) in [6.07, 6.45) is 0. The lowest BCUT2D eigenvalue weighted by atomic mass is 9.89. The lowest BCUT2D eigenvalue weighted by molar-refractivity contribution is 0.0826. The maximum absolute atomic E-state index is 8.33. The molecule has 0 bridgehead atoms. The molecular weight excluding hydrogens is 124 g/mol. The second-order valence-electron chi connectivity index (χ2n) is 3.36. The Kier molecular flexibility index (Phi) is 2.29. The number of rotatable bonds is 2. The summed E-state index contributed by atoms with van der Waals surface area (Å²) in [5, 5.41) is 8.33. The van der Waals surface area contributed by atoms with E-state index >= 15 is 0 Å². The Labute approximate surface area is 62.4 Å². The third-order valence-electron chi connectivity index (χ3n) is 2.22. The van der Waals surface area contributed by atoms with Crippen LogP contribution in [0.25, 0.3) is 0 Å². The van der Waals surface area contributed by atoms with Gasteiger partial charge in [0.25, 0.3) is 0 Å². The van der Waals surface area contributed by atoms with Crippen LogP contribution >= 0.6 is 0 Å². The van der Waals surface area contributed by atoms with Crippen molar-refractivity contribution in [1.82, 2.24) is 4.90 Å². The van der Waals surface area contributed by atoms with Crippen LogP contribution < -0.4 is 0 Å². The minimum absolute atomic E-state index is 0.614. The molecule has 1 saturated heterocycles. The van der Waals surface area contributed by atoms with Crippen LogP contribution in [0.1, 0.15) is 13.8 Å². The van der Waals surface area contributed by atoms with Crippen molar-refractivity contribution in [1.29, 1.82) is 5.26 Å². The molecule has 0 radical (unpaired) electrons. The molecule has 0 atom stereocenters. The van der Waals surface area contributed by atoms with Crippen LogP contribution in [0.15, 0.2) is 0 Å². The highest BCUT2D eigenvalue weighted by atomic mass is 15.2. The SMILES string of the molecule is CC(C)C1CN(CC#N)C1. The van der Waals surface area contributed by atoms with E-state index in [0.29, 0.717) is 6.54 Å². The summed E-state index contributed by atoms with van der Waals surface area (Å²) in [6, 6.07) is 2.16. The molecule has 0 saturated carbocycles. The fourth-order valence-electron chi connectivity index (χ4n) is 1.26. The fourth-order valence-corrected chi connectivity index (χ4v) is 1.26. The molecule has 0 aromatic carbocycles. The molecule has 1 rings (SSSR count). The first-order valence-electron chi connectivity index (χ1n) is 3.83. The Morgan fingerprint density at radius 1 is 1.60 bits per heavy atom. The van der Waals surface area contributed by atoms with E-state index in [1.165, 1.54) is 0 Å². The van der Waals surface area contributed by atoms with Gasteiger partial charge in [0.1, 0.15) is 0 Å². The van der Waals surface area contributed by atoms with Crippen molar-refractivity contribution in [2.45, 2.75) is 13.8 Å². The van der Waals surface area contributed by atoms with E-state index in [1.54, 1.807) is 0 Å². The molecule has 0 unspecified atom stereocenters. The Balaban J connectivity index is 2.13. The first-order valence-corrected chi connectivity index (χ1v) is 3.83. The van der Waals surface area contributed by atoms with Crippen LogP contribution in [-0.4, -0.2) is 24.5 Å². The highest BCUT2D eigenvalue weighted by Gasteiger charge is 2.27. The highest BCUT2D eigenvalue weighted by Crippen LogP contribution is 2.22. The van der Waals surface area contributed by atoms with Crippen LogP contribution in [0, 0.1) is 23.2 Å². The summed E-state index contributed by atoms with van der Waals surface area (Å²) < 4.78 is 0. The zero-order valence-corrected chi connectivity index (χ0v) is 6.67. The Hall–Kier alpha value is -0.550. The minimum Gasteiger partial charge on any atom is -0.290 e. The Bertz CT molecular complexity index is 140. The van der Waals surface area contributed by atoms with E-state index in [9.17, 15) is 0 Å². The number of likely N-dealkylation sites (tertiary alicyclic amines) is 1. The minimum atomic E-state index is 0.614. The van der Waals surface area contributed by atoms with Gasteiger partial charge in [-0.3, -0.25) is 4.90 Å². The molecule has 0 spiro atoms. The largest absolute Gasteiger partial charge is 0.290 e. The van der Waals surface area contributed by atoms with E-state index in [1.807, 2.05) is 0 Å². The van der Waals surface area contributed by atoms with Gasteiger partial charge in [-0.1, -0.05) is 13.8 Å². The van der Waals surface area contributed by atoms with Gasteiger partial charge in [-0.2, -0.15) is 5.26 Å². The van der Waals surface area contributed by atoms with Crippen LogP contribution in [0.5, 0.6) is 0 Å². The van der Waals surface area contributed by atoms with Crippen molar-refractivity contribution in [3.05, 3.63) is 0 Å². The highest BCUT2D eigenvalue weighted by molar-refractivity contribution is 4.87. The molecule has 0 N–H and O–H groups in total. The molecule has 2 nitrogen and oxygen atoms in total. The molecule has 10 heavy (non-hydrogen) atoms. The molecule has 1 heterocycles. The summed E-state index contributed by atoms with van der Waals surface area (Å²) in [7, 11) is 0. The molecule has 1 aliphatic rings. The van der Waals surface area contributed by atoms with Crippen molar-refractivity contribution in [3.63, 3.8) is 0 Å². The second-order valence-corrected chi connectivity index (χ2v) is 3.36. The van der Waals surface area contributed by atoms with Crippen molar-refractivity contribution in [2.24, 2.45) is 11.8 Å². The smallest absolute Gasteiger partial charge is 0.0866 e. The molecule has 0 aromatic heterocycles. The standard InChI is InChI=1S/C8H14N2/c1-7(2)8-5-10(6-8)4-3-9/h7-8H,4-6H2,1-2H3. The van der Waals surface area contributed by atoms with Crippen LogP contribution in [0.2, 0.25) is 0 Å². The van der Waals surface area contributed by atoms with Crippen LogP contribution in [0.3, 0.4) is 0 Å². The van der Waals surface area contributed by atoms with Gasteiger partial charge in [-0.15, -0.1) is 0 Å². The second kappa shape index (κ2) is 3.03. The average Bonchev–Trinajstić information content (AvgIpc) is 1.76. The molecule has 56 valence electrons. The summed E-state index contributed by atoms with van der Waals surface area (Å²) >= 11 is 0. The fraction of sp³-hybridized carbons (Fsp3) is 0.875. The van der Waals surface area contributed by atoms with Gasteiger partial charge in [-0.05, 0) is 11.8 Å². The van der Waals surface area contributed by atoms with E-state index in [-0.39, 0.29) is 0 Å². The van der Waals surface area contributed by atoms with Gasteiger partial charge in [0.15, 0.2) is 0 Å². The van der Waals surface area contributed by atoms with E-state index in [4.69, 9.17) is 5.26 Å². The van der Waals surface area contributed by atoms with Crippen molar-refractivity contribution >= 4 is 0 Å². The van der Waals surface area contributed by atoms with E-state index in [2.05, 4.69) is 24.8 Å². The Morgan fingerprint density at radius 2 is 2.20 bits per heavy atom. The molecule has 2 heteroatoms. The van der Waals surface area contributed by atoms with E-state index in [0.717, 1.165) is 24.9 Å². The lowest BCUT2D eigenvalue weighted by Crippen LogP contribution is -2.48. The normalized spacial score (nSPS) is 20.6. The average molecular weight is 138 g/mol. The quantitative estimate of drug-likeness (QED) is 0.534. The van der Waals surface area contributed by atoms with Crippen LogP contribution in [-0.2, 0) is 0 Å². The molecule has 0 amide bonds. The summed E-state index contributed by atoms with van der Waals surface area (Å²) in [4.78, 5) is 2.19. The third kappa shape index (κ3) is 1.48. The zero-order valence-electron chi connectivity index (χ0n) is 6.67. The van der Waals surface area contributed by atoms with Crippen molar-refractivity contribution in [2.75, 3.05) is 19.6 Å². The topological polar surface area (TPSA) is 27.0 Å². The first-order chi connectivity index (χ1) is 4.74. The predicted octanol–water partition coefficient (Wildman–Crippen LogP) is 1.10. The predicted molar refractivity (Wildman–Crippen MR) is 40.4 cm³/mol. The van der Waals surface area contributed by atoms with Gasteiger partial charge >= 0.3 is 0 Å². The van der Waals surface area contributed by atoms with Crippen molar-refractivity contribution in [3.8, 4) is 6.07 Å². The maximum atomic E-state index is 8.33. The summed E-state index contributed by atoms with van der Waals surface area (Å²) in [5.41, 5.74) is 0. The van der Waals surface area contributed by atoms with Gasteiger partial charge in [0, 0.05) is 13.1 Å². The number of hydrogen-bond acceptors (Lipinski definition) is 2. The number of nitrogens with zero attached hydrogens (tertiary/aromatic N) is 2. The van der Waals surface area contributed by atoms with Crippen molar-refractivity contribution < 1.29 is 0 Å². The number of nitriles is 1. The molecule has 1 aliphatic heterocycles. The van der Waals surface area contributed by atoms with Gasteiger partial charge < -0.3 is 0 Å². The maximum Gasteiger partial charge on any atom is 0.0866 e. The first kappa shape index (κ1) is 7.56.